The second-order valence-electron chi connectivity index (χ2n) is 6.52. The van der Waals surface area contributed by atoms with Gasteiger partial charge < -0.3 is 0 Å². The molecule has 0 radical (unpaired) electrons. The molecule has 0 saturated heterocycles. The van der Waals surface area contributed by atoms with Crippen molar-refractivity contribution in [1.29, 1.82) is 0 Å². The molecular formula is C18H17F3. The maximum atomic E-state index is 14.1. The molecule has 110 valence electrons. The van der Waals surface area contributed by atoms with Gasteiger partial charge in [0.15, 0.2) is 11.6 Å². The van der Waals surface area contributed by atoms with Gasteiger partial charge in [0.1, 0.15) is 5.83 Å². The molecule has 0 heterocycles. The van der Waals surface area contributed by atoms with Crippen LogP contribution >= 0.6 is 0 Å². The summed E-state index contributed by atoms with van der Waals surface area (Å²) in [5.74, 6) is 3.84. The van der Waals surface area contributed by atoms with Crippen LogP contribution in [0.1, 0.15) is 43.7 Å². The molecule has 4 rings (SSSR count). The molecule has 3 heteroatoms. The van der Waals surface area contributed by atoms with Gasteiger partial charge in [-0.1, -0.05) is 24.8 Å². The van der Waals surface area contributed by atoms with Crippen molar-refractivity contribution in [2.24, 2.45) is 10.8 Å². The number of fused-ring (bicyclic) bond motifs is 2. The first-order chi connectivity index (χ1) is 9.85. The largest absolute Gasteiger partial charge is 0.212 e. The van der Waals surface area contributed by atoms with E-state index in [1.54, 1.807) is 6.08 Å². The fraction of sp³-hybridized carbons (Fsp3) is 0.444. The zero-order valence-corrected chi connectivity index (χ0v) is 12.2. The number of allylic oxidation sites excluding steroid dienone is 2. The molecule has 0 amide bonds. The van der Waals surface area contributed by atoms with Crippen molar-refractivity contribution >= 4 is 0 Å². The third kappa shape index (κ3) is 2.27. The van der Waals surface area contributed by atoms with Gasteiger partial charge in [0.25, 0.3) is 0 Å². The second-order valence-corrected chi connectivity index (χ2v) is 6.52. The van der Waals surface area contributed by atoms with Crippen LogP contribution in [-0.4, -0.2) is 0 Å². The fourth-order valence-corrected chi connectivity index (χ4v) is 3.14. The standard InChI is InChI=1S/C18H17F3/c1-12-3-4-13(16(21)15(12)20)5-6-18-9-7-17(2,8-10-18)14(19)11-18/h3-4,11H,7-10H2,1-2H3. The molecule has 21 heavy (non-hydrogen) atoms. The zero-order valence-electron chi connectivity index (χ0n) is 12.2. The summed E-state index contributed by atoms with van der Waals surface area (Å²) in [5.41, 5.74) is -0.561. The van der Waals surface area contributed by atoms with E-state index in [1.807, 2.05) is 6.92 Å². The monoisotopic (exact) mass is 290 g/mol. The van der Waals surface area contributed by atoms with Crippen molar-refractivity contribution in [1.82, 2.24) is 0 Å². The summed E-state index contributed by atoms with van der Waals surface area (Å²) in [4.78, 5) is 0. The third-order valence-corrected chi connectivity index (χ3v) is 4.95. The van der Waals surface area contributed by atoms with Crippen molar-refractivity contribution in [3.05, 3.63) is 46.8 Å². The molecule has 1 aromatic carbocycles. The molecule has 3 aliphatic carbocycles. The predicted octanol–water partition coefficient (Wildman–Crippen LogP) is 5.06. The molecule has 0 atom stereocenters. The lowest BCUT2D eigenvalue weighted by atomic mass is 9.58. The summed E-state index contributed by atoms with van der Waals surface area (Å²) in [5, 5.41) is 0. The van der Waals surface area contributed by atoms with Crippen molar-refractivity contribution in [3.63, 3.8) is 0 Å². The first-order valence-corrected chi connectivity index (χ1v) is 7.22. The fourth-order valence-electron chi connectivity index (χ4n) is 3.14. The number of benzene rings is 1. The second kappa shape index (κ2) is 4.66. The van der Waals surface area contributed by atoms with Crippen LogP contribution < -0.4 is 0 Å². The summed E-state index contributed by atoms with van der Waals surface area (Å²) in [6, 6.07) is 2.99. The molecule has 2 bridgehead atoms. The lowest BCUT2D eigenvalue weighted by Gasteiger charge is -2.45. The van der Waals surface area contributed by atoms with Crippen LogP contribution in [-0.2, 0) is 0 Å². The highest BCUT2D eigenvalue weighted by Crippen LogP contribution is 2.55. The lowest BCUT2D eigenvalue weighted by Crippen LogP contribution is -2.37. The van der Waals surface area contributed by atoms with E-state index in [0.29, 0.717) is 0 Å². The normalized spacial score (nSPS) is 30.6. The van der Waals surface area contributed by atoms with E-state index in [9.17, 15) is 13.2 Å². The highest BCUT2D eigenvalue weighted by Gasteiger charge is 2.46. The average Bonchev–Trinajstić information content (AvgIpc) is 2.46. The summed E-state index contributed by atoms with van der Waals surface area (Å²) < 4.78 is 41.5. The molecule has 0 nitrogen and oxygen atoms in total. The van der Waals surface area contributed by atoms with E-state index < -0.39 is 17.0 Å². The van der Waals surface area contributed by atoms with E-state index in [2.05, 4.69) is 11.8 Å². The zero-order chi connectivity index (χ0) is 15.3. The topological polar surface area (TPSA) is 0 Å². The molecule has 0 aliphatic heterocycles. The minimum atomic E-state index is -0.917. The first kappa shape index (κ1) is 14.3. The first-order valence-electron chi connectivity index (χ1n) is 7.22. The smallest absolute Gasteiger partial charge is 0.174 e. The van der Waals surface area contributed by atoms with Crippen LogP contribution in [0.5, 0.6) is 0 Å². The van der Waals surface area contributed by atoms with Crippen LogP contribution in [0.3, 0.4) is 0 Å². The quantitative estimate of drug-likeness (QED) is 0.586. The number of hydrogen-bond acceptors (Lipinski definition) is 0. The van der Waals surface area contributed by atoms with Crippen LogP contribution in [0, 0.1) is 41.2 Å². The lowest BCUT2D eigenvalue weighted by molar-refractivity contribution is 0.132. The van der Waals surface area contributed by atoms with Gasteiger partial charge in [0.2, 0.25) is 0 Å². The molecule has 1 fully saturated rings. The van der Waals surface area contributed by atoms with Gasteiger partial charge in [-0.25, -0.2) is 13.2 Å². The highest BCUT2D eigenvalue weighted by molar-refractivity contribution is 5.42. The van der Waals surface area contributed by atoms with Gasteiger partial charge in [0, 0.05) is 5.41 Å². The molecule has 3 aliphatic rings. The van der Waals surface area contributed by atoms with E-state index in [1.165, 1.54) is 19.1 Å². The Morgan fingerprint density at radius 3 is 2.29 bits per heavy atom. The molecule has 0 spiro atoms. The van der Waals surface area contributed by atoms with Crippen LogP contribution in [0.25, 0.3) is 0 Å². The Balaban J connectivity index is 1.98. The van der Waals surface area contributed by atoms with Gasteiger partial charge >= 0.3 is 0 Å². The molecular weight excluding hydrogens is 273 g/mol. The Bertz CT molecular complexity index is 680. The van der Waals surface area contributed by atoms with Gasteiger partial charge in [-0.15, -0.1) is 0 Å². The molecule has 0 aromatic heterocycles. The number of rotatable bonds is 0. The maximum absolute atomic E-state index is 14.1. The Hall–Kier alpha value is -1.69. The Morgan fingerprint density at radius 2 is 1.67 bits per heavy atom. The van der Waals surface area contributed by atoms with Gasteiger partial charge in [-0.05, 0) is 50.3 Å². The minimum Gasteiger partial charge on any atom is -0.212 e. The maximum Gasteiger partial charge on any atom is 0.174 e. The summed E-state index contributed by atoms with van der Waals surface area (Å²) >= 11 is 0. The Kier molecular flexibility index (Phi) is 3.16. The SMILES string of the molecule is Cc1ccc(C#CC23C=C(F)C(C)(CC2)CC3)c(F)c1F. The van der Waals surface area contributed by atoms with Crippen molar-refractivity contribution < 1.29 is 13.2 Å². The molecule has 1 aromatic rings. The highest BCUT2D eigenvalue weighted by atomic mass is 19.2. The summed E-state index contributed by atoms with van der Waals surface area (Å²) in [6.07, 6.45) is 4.67. The van der Waals surface area contributed by atoms with Crippen molar-refractivity contribution in [3.8, 4) is 11.8 Å². The van der Waals surface area contributed by atoms with Gasteiger partial charge in [-0.2, -0.15) is 0 Å². The van der Waals surface area contributed by atoms with E-state index in [-0.39, 0.29) is 22.4 Å². The van der Waals surface area contributed by atoms with E-state index in [0.717, 1.165) is 25.7 Å². The van der Waals surface area contributed by atoms with Crippen LogP contribution in [0.15, 0.2) is 24.0 Å². The van der Waals surface area contributed by atoms with E-state index >= 15 is 0 Å². The summed E-state index contributed by atoms with van der Waals surface area (Å²) in [6.45, 7) is 3.44. The van der Waals surface area contributed by atoms with Crippen LogP contribution in [0.2, 0.25) is 0 Å². The molecule has 0 N–H and O–H groups in total. The summed E-state index contributed by atoms with van der Waals surface area (Å²) in [7, 11) is 0. The average molecular weight is 290 g/mol. The number of aryl methyl sites for hydroxylation is 1. The third-order valence-electron chi connectivity index (χ3n) is 4.95. The molecule has 1 saturated carbocycles. The van der Waals surface area contributed by atoms with Crippen molar-refractivity contribution in [2.75, 3.05) is 0 Å². The van der Waals surface area contributed by atoms with Gasteiger partial charge in [0.05, 0.1) is 11.0 Å². The van der Waals surface area contributed by atoms with Gasteiger partial charge in [-0.3, -0.25) is 0 Å². The Morgan fingerprint density at radius 1 is 1.00 bits per heavy atom. The minimum absolute atomic E-state index is 0.0418. The Labute approximate surface area is 123 Å². The van der Waals surface area contributed by atoms with E-state index in [4.69, 9.17) is 0 Å². The predicted molar refractivity (Wildman–Crippen MR) is 76.2 cm³/mol. The number of halogens is 3. The number of hydrogen-bond donors (Lipinski definition) is 0. The van der Waals surface area contributed by atoms with Crippen molar-refractivity contribution in [2.45, 2.75) is 39.5 Å². The molecule has 0 unspecified atom stereocenters. The van der Waals surface area contributed by atoms with Crippen LogP contribution in [0.4, 0.5) is 13.2 Å².